The Labute approximate surface area is 191 Å². The van der Waals surface area contributed by atoms with E-state index in [0.29, 0.717) is 22.7 Å². The first-order chi connectivity index (χ1) is 14.8. The highest BCUT2D eigenvalue weighted by atomic mass is 16.5. The fourth-order valence-corrected chi connectivity index (χ4v) is 7.37. The number of nitrogens with zero attached hydrogens (tertiary/aromatic N) is 1. The van der Waals surface area contributed by atoms with E-state index in [0.717, 1.165) is 32.1 Å². The number of hydrogen-bond donors (Lipinski definition) is 1. The first kappa shape index (κ1) is 23.4. The molecule has 0 amide bonds. The van der Waals surface area contributed by atoms with E-state index in [9.17, 15) is 19.5 Å². The van der Waals surface area contributed by atoms with Crippen molar-refractivity contribution >= 4 is 17.5 Å². The summed E-state index contributed by atoms with van der Waals surface area (Å²) in [7, 11) is 5.67. The molecule has 1 N–H and O–H groups in total. The van der Waals surface area contributed by atoms with Gasteiger partial charge in [0.1, 0.15) is 5.60 Å². The molecule has 0 aliphatic heterocycles. The molecule has 0 unspecified atom stereocenters. The second-order valence-corrected chi connectivity index (χ2v) is 12.0. The monoisotopic (exact) mass is 444 g/mol. The van der Waals surface area contributed by atoms with Gasteiger partial charge < -0.3 is 14.3 Å². The fourth-order valence-electron chi connectivity index (χ4n) is 7.37. The Morgan fingerprint density at radius 1 is 1.12 bits per heavy atom. The zero-order valence-corrected chi connectivity index (χ0v) is 20.1. The number of Topliss-reactive ketones (excluding diaryl/α,β-unsaturated/α-hetero) is 1. The van der Waals surface area contributed by atoms with Crippen molar-refractivity contribution in [3.63, 3.8) is 0 Å². The molecule has 0 saturated heterocycles. The van der Waals surface area contributed by atoms with Gasteiger partial charge in [-0.15, -0.1) is 0 Å². The van der Waals surface area contributed by atoms with Gasteiger partial charge in [0.15, 0.2) is 18.9 Å². The van der Waals surface area contributed by atoms with Gasteiger partial charge in [-0.1, -0.05) is 25.5 Å². The summed E-state index contributed by atoms with van der Waals surface area (Å²) in [5.74, 6) is 0.386. The molecule has 6 atom stereocenters. The number of rotatable bonds is 5. The summed E-state index contributed by atoms with van der Waals surface area (Å²) in [6, 6.07) is 0. The largest absolute Gasteiger partial charge is 0.453 e. The molecule has 6 nitrogen and oxygen atoms in total. The topological polar surface area (TPSA) is 80.7 Å². The third kappa shape index (κ3) is 3.60. The summed E-state index contributed by atoms with van der Waals surface area (Å²) in [6.45, 7) is 4.14. The SMILES string of the molecule is C[C@]12C=CC(=O)C=C1CC[C@H]1[C@H]2CC[C@@]2(C)[C@@H]1CC[C@@]2(O)C(=O)COC(=O)C[N+](C)(C)C. The summed E-state index contributed by atoms with van der Waals surface area (Å²) in [6.07, 6.45) is 10.4. The van der Waals surface area contributed by atoms with Crippen LogP contribution in [0.4, 0.5) is 0 Å². The van der Waals surface area contributed by atoms with Crippen LogP contribution in [0.2, 0.25) is 0 Å². The van der Waals surface area contributed by atoms with E-state index in [1.165, 1.54) is 5.57 Å². The average molecular weight is 445 g/mol. The summed E-state index contributed by atoms with van der Waals surface area (Å²) in [5.41, 5.74) is -0.828. The second kappa shape index (κ2) is 7.63. The van der Waals surface area contributed by atoms with Crippen LogP contribution in [0.1, 0.15) is 52.4 Å². The fraction of sp³-hybridized carbons (Fsp3) is 0.731. The predicted octanol–water partition coefficient (Wildman–Crippen LogP) is 2.84. The molecule has 3 fully saturated rings. The van der Waals surface area contributed by atoms with E-state index in [-0.39, 0.29) is 36.1 Å². The van der Waals surface area contributed by atoms with Crippen molar-refractivity contribution in [3.05, 3.63) is 23.8 Å². The van der Waals surface area contributed by atoms with Crippen molar-refractivity contribution in [2.45, 2.75) is 58.0 Å². The van der Waals surface area contributed by atoms with Crippen molar-refractivity contribution in [1.82, 2.24) is 0 Å². The van der Waals surface area contributed by atoms with Gasteiger partial charge in [0.05, 0.1) is 21.1 Å². The number of fused-ring (bicyclic) bond motifs is 5. The number of carbonyl (C=O) groups excluding carboxylic acids is 3. The maximum Gasteiger partial charge on any atom is 0.362 e. The lowest BCUT2D eigenvalue weighted by Crippen LogP contribution is -2.58. The van der Waals surface area contributed by atoms with Gasteiger partial charge in [0.25, 0.3) is 0 Å². The van der Waals surface area contributed by atoms with Crippen LogP contribution in [-0.4, -0.2) is 67.0 Å². The lowest BCUT2D eigenvalue weighted by atomic mass is 9.47. The van der Waals surface area contributed by atoms with Crippen molar-refractivity contribution in [2.75, 3.05) is 34.3 Å². The number of likely N-dealkylation sites (N-methyl/N-ethyl adjacent to an activating group) is 1. The molecule has 4 aliphatic rings. The highest BCUT2D eigenvalue weighted by Crippen LogP contribution is 2.67. The van der Waals surface area contributed by atoms with Gasteiger partial charge in [-0.25, -0.2) is 4.79 Å². The zero-order chi connectivity index (χ0) is 23.5. The number of ketones is 2. The Morgan fingerprint density at radius 2 is 1.81 bits per heavy atom. The summed E-state index contributed by atoms with van der Waals surface area (Å²) < 4.78 is 5.70. The van der Waals surface area contributed by atoms with Crippen LogP contribution in [0.15, 0.2) is 23.8 Å². The molecule has 4 rings (SSSR count). The number of esters is 1. The maximum atomic E-state index is 13.2. The Kier molecular flexibility index (Phi) is 5.57. The maximum absolute atomic E-state index is 13.2. The van der Waals surface area contributed by atoms with E-state index >= 15 is 0 Å². The van der Waals surface area contributed by atoms with Crippen LogP contribution in [0.5, 0.6) is 0 Å². The average Bonchev–Trinajstić information content (AvgIpc) is 2.97. The van der Waals surface area contributed by atoms with Crippen LogP contribution in [0.25, 0.3) is 0 Å². The van der Waals surface area contributed by atoms with Gasteiger partial charge in [-0.3, -0.25) is 9.59 Å². The molecule has 0 aromatic rings. The quantitative estimate of drug-likeness (QED) is 0.521. The first-order valence-corrected chi connectivity index (χ1v) is 12.0. The highest BCUT2D eigenvalue weighted by molar-refractivity contribution is 6.01. The van der Waals surface area contributed by atoms with E-state index in [1.807, 2.05) is 27.2 Å². The molecule has 3 saturated carbocycles. The Bertz CT molecular complexity index is 898. The molecule has 0 bridgehead atoms. The Balaban J connectivity index is 1.51. The van der Waals surface area contributed by atoms with Crippen LogP contribution in [-0.2, 0) is 19.1 Å². The normalized spacial score (nSPS) is 40.8. The number of quaternary nitrogens is 1. The van der Waals surface area contributed by atoms with Crippen LogP contribution in [0.3, 0.4) is 0 Å². The van der Waals surface area contributed by atoms with Crippen molar-refractivity contribution in [2.24, 2.45) is 28.6 Å². The van der Waals surface area contributed by atoms with Crippen molar-refractivity contribution in [3.8, 4) is 0 Å². The molecule has 4 aliphatic carbocycles. The minimum Gasteiger partial charge on any atom is -0.453 e. The molecule has 0 aromatic carbocycles. The van der Waals surface area contributed by atoms with Crippen LogP contribution in [0, 0.1) is 28.6 Å². The molecule has 32 heavy (non-hydrogen) atoms. The van der Waals surface area contributed by atoms with E-state index in [1.54, 1.807) is 6.08 Å². The smallest absolute Gasteiger partial charge is 0.362 e. The third-order valence-electron chi connectivity index (χ3n) is 9.14. The van der Waals surface area contributed by atoms with Gasteiger partial charge in [-0.2, -0.15) is 0 Å². The number of allylic oxidation sites excluding steroid dienone is 4. The van der Waals surface area contributed by atoms with Gasteiger partial charge in [-0.05, 0) is 68.4 Å². The molecule has 0 aromatic heterocycles. The number of ether oxygens (including phenoxy) is 1. The number of aliphatic hydroxyl groups is 1. The van der Waals surface area contributed by atoms with Crippen LogP contribution >= 0.6 is 0 Å². The molecule has 0 spiro atoms. The van der Waals surface area contributed by atoms with Gasteiger partial charge in [0, 0.05) is 10.8 Å². The Morgan fingerprint density at radius 3 is 2.50 bits per heavy atom. The highest BCUT2D eigenvalue weighted by Gasteiger charge is 2.66. The summed E-state index contributed by atoms with van der Waals surface area (Å²) >= 11 is 0. The van der Waals surface area contributed by atoms with E-state index in [2.05, 4.69) is 19.9 Å². The van der Waals surface area contributed by atoms with E-state index in [4.69, 9.17) is 4.74 Å². The summed E-state index contributed by atoms with van der Waals surface area (Å²) in [5, 5.41) is 11.7. The predicted molar refractivity (Wildman–Crippen MR) is 120 cm³/mol. The molecular formula is C26H38NO5+. The molecular weight excluding hydrogens is 406 g/mol. The van der Waals surface area contributed by atoms with Crippen LogP contribution < -0.4 is 0 Å². The van der Waals surface area contributed by atoms with Gasteiger partial charge >= 0.3 is 5.97 Å². The molecule has 0 radical (unpaired) electrons. The standard InChI is InChI=1S/C26H38NO5/c1-24-11-8-18(28)14-17(24)6-7-19-20(24)9-12-25(2)21(19)10-13-26(25,31)22(29)16-32-23(30)15-27(3,4)5/h8,11,14,19-21,31H,6-7,9-10,12-13,15-16H2,1-5H3/q+1/t19-,20+,21+,24-,25-,26+/m0/s1. The Hall–Kier alpha value is -1.79. The van der Waals surface area contributed by atoms with E-state index < -0.39 is 17.0 Å². The molecule has 6 heteroatoms. The molecule has 176 valence electrons. The minimum absolute atomic E-state index is 0.0808. The lowest BCUT2D eigenvalue weighted by molar-refractivity contribution is -0.862. The lowest BCUT2D eigenvalue weighted by Gasteiger charge is -2.57. The van der Waals surface area contributed by atoms with Crippen molar-refractivity contribution in [1.29, 1.82) is 0 Å². The first-order valence-electron chi connectivity index (χ1n) is 12.0. The zero-order valence-electron chi connectivity index (χ0n) is 20.1. The van der Waals surface area contributed by atoms with Crippen molar-refractivity contribution < 1.29 is 28.7 Å². The summed E-state index contributed by atoms with van der Waals surface area (Å²) in [4.78, 5) is 37.2. The second-order valence-electron chi connectivity index (χ2n) is 12.0. The third-order valence-corrected chi connectivity index (χ3v) is 9.14. The van der Waals surface area contributed by atoms with Gasteiger partial charge in [0.2, 0.25) is 5.78 Å². The number of hydrogen-bond acceptors (Lipinski definition) is 5. The molecule has 0 heterocycles. The number of carbonyl (C=O) groups is 3. The minimum atomic E-state index is -1.45.